The predicted octanol–water partition coefficient (Wildman–Crippen LogP) is 2.99. The van der Waals surface area contributed by atoms with Gasteiger partial charge in [0.25, 0.3) is 0 Å². The quantitative estimate of drug-likeness (QED) is 0.720. The first-order valence-electron chi connectivity index (χ1n) is 6.12. The molecule has 0 radical (unpaired) electrons. The average Bonchev–Trinajstić information content (AvgIpc) is 2.92. The summed E-state index contributed by atoms with van der Waals surface area (Å²) in [5.74, 6) is 0. The largest absolute Gasteiger partial charge is 0.317 e. The molecule has 6 heteroatoms. The molecule has 0 saturated carbocycles. The van der Waals surface area contributed by atoms with Crippen molar-refractivity contribution in [2.24, 2.45) is 0 Å². The molecule has 100 valence electrons. The maximum absolute atomic E-state index is 9.17. The Morgan fingerprint density at radius 2 is 2.00 bits per heavy atom. The monoisotopic (exact) mass is 337 g/mol. The zero-order chi connectivity index (χ0) is 14.8. The number of pyridine rings is 1. The third kappa shape index (κ3) is 2.26. The number of aromatic nitrogens is 3. The summed E-state index contributed by atoms with van der Waals surface area (Å²) in [6.45, 7) is 0.443. The normalized spacial score (nSPS) is 10.2. The van der Waals surface area contributed by atoms with E-state index in [2.05, 4.69) is 25.9 Å². The smallest absolute Gasteiger partial charge is 0.176 e. The molecule has 0 N–H and O–H groups in total. The van der Waals surface area contributed by atoms with Crippen LogP contribution in [0.5, 0.6) is 0 Å². The van der Waals surface area contributed by atoms with Crippen molar-refractivity contribution in [3.63, 3.8) is 0 Å². The molecule has 21 heavy (non-hydrogen) atoms. The number of hydrogen-bond donors (Lipinski definition) is 0. The molecular weight excluding hydrogens is 330 g/mol. The van der Waals surface area contributed by atoms with Crippen LogP contribution in [0.15, 0.2) is 41.3 Å². The van der Waals surface area contributed by atoms with E-state index in [1.165, 1.54) is 6.33 Å². The zero-order valence-electron chi connectivity index (χ0n) is 10.8. The minimum absolute atomic E-state index is 0.145. The highest BCUT2D eigenvalue weighted by atomic mass is 79.9. The second-order valence-electron chi connectivity index (χ2n) is 4.40. The summed E-state index contributed by atoms with van der Waals surface area (Å²) in [6, 6.07) is 11.7. The molecule has 3 aromatic rings. The van der Waals surface area contributed by atoms with E-state index in [0.717, 1.165) is 20.9 Å². The molecule has 0 amide bonds. The van der Waals surface area contributed by atoms with Crippen molar-refractivity contribution >= 4 is 26.8 Å². The first-order valence-corrected chi connectivity index (χ1v) is 6.91. The van der Waals surface area contributed by atoms with Crippen molar-refractivity contribution < 1.29 is 0 Å². The van der Waals surface area contributed by atoms with Gasteiger partial charge < -0.3 is 4.57 Å². The number of nitriles is 2. The van der Waals surface area contributed by atoms with Crippen LogP contribution in [0.25, 0.3) is 10.9 Å². The summed E-state index contributed by atoms with van der Waals surface area (Å²) in [6.07, 6.45) is 3.24. The number of nitrogens with zero attached hydrogens (tertiary/aromatic N) is 5. The maximum Gasteiger partial charge on any atom is 0.176 e. The second-order valence-corrected chi connectivity index (χ2v) is 5.25. The summed E-state index contributed by atoms with van der Waals surface area (Å²) in [4.78, 5) is 8.36. The Bertz CT molecular complexity index is 914. The number of benzene rings is 1. The molecule has 0 aliphatic heterocycles. The topological polar surface area (TPSA) is 78.3 Å². The summed E-state index contributed by atoms with van der Waals surface area (Å²) >= 11 is 3.51. The molecule has 0 fully saturated rings. The highest BCUT2D eigenvalue weighted by molar-refractivity contribution is 9.10. The molecule has 2 heterocycles. The van der Waals surface area contributed by atoms with Gasteiger partial charge in [-0.3, -0.25) is 4.98 Å². The van der Waals surface area contributed by atoms with Gasteiger partial charge in [-0.2, -0.15) is 10.5 Å². The number of imidazole rings is 1. The van der Waals surface area contributed by atoms with Gasteiger partial charge in [0.15, 0.2) is 11.4 Å². The molecule has 0 saturated heterocycles. The fourth-order valence-electron chi connectivity index (χ4n) is 2.21. The summed E-state index contributed by atoms with van der Waals surface area (Å²) in [5.41, 5.74) is 2.24. The molecule has 3 rings (SSSR count). The van der Waals surface area contributed by atoms with E-state index in [0.29, 0.717) is 6.54 Å². The van der Waals surface area contributed by atoms with Crippen LogP contribution < -0.4 is 0 Å². The highest BCUT2D eigenvalue weighted by Gasteiger charge is 2.12. The van der Waals surface area contributed by atoms with Crippen molar-refractivity contribution in [2.75, 3.05) is 0 Å². The average molecular weight is 338 g/mol. The molecule has 0 unspecified atom stereocenters. The lowest BCUT2D eigenvalue weighted by Gasteiger charge is -2.08. The van der Waals surface area contributed by atoms with Gasteiger partial charge in [-0.05, 0) is 17.7 Å². The minimum atomic E-state index is 0.145. The van der Waals surface area contributed by atoms with Gasteiger partial charge in [0.1, 0.15) is 12.1 Å². The van der Waals surface area contributed by atoms with Crippen molar-refractivity contribution in [3.8, 4) is 12.1 Å². The third-order valence-electron chi connectivity index (χ3n) is 3.19. The number of hydrogen-bond acceptors (Lipinski definition) is 4. The van der Waals surface area contributed by atoms with Gasteiger partial charge in [0, 0.05) is 16.1 Å². The lowest BCUT2D eigenvalue weighted by Crippen LogP contribution is -2.03. The number of halogens is 1. The van der Waals surface area contributed by atoms with Crippen LogP contribution >= 0.6 is 15.9 Å². The van der Waals surface area contributed by atoms with Gasteiger partial charge in [-0.15, -0.1) is 0 Å². The van der Waals surface area contributed by atoms with Gasteiger partial charge in [0.05, 0.1) is 18.4 Å². The van der Waals surface area contributed by atoms with Crippen LogP contribution in [0.2, 0.25) is 0 Å². The molecule has 0 bridgehead atoms. The van der Waals surface area contributed by atoms with Gasteiger partial charge in [-0.1, -0.05) is 28.1 Å². The molecular formula is C15H8BrN5. The standard InChI is InChI=1S/C15H8BrN5/c16-12-4-3-10(15-11(12)2-1-5-19-15)8-21-9-20-13(6-17)14(21)7-18/h1-5,9H,8H2. The first-order chi connectivity index (χ1) is 10.2. The predicted molar refractivity (Wildman–Crippen MR) is 80.2 cm³/mol. The van der Waals surface area contributed by atoms with Crippen LogP contribution in [-0.2, 0) is 6.54 Å². The molecule has 0 spiro atoms. The van der Waals surface area contributed by atoms with Crippen LogP contribution in [0.3, 0.4) is 0 Å². The van der Waals surface area contributed by atoms with E-state index >= 15 is 0 Å². The van der Waals surface area contributed by atoms with E-state index in [-0.39, 0.29) is 11.4 Å². The Morgan fingerprint density at radius 1 is 1.14 bits per heavy atom. The lowest BCUT2D eigenvalue weighted by atomic mass is 10.1. The Labute approximate surface area is 129 Å². The van der Waals surface area contributed by atoms with Crippen LogP contribution in [-0.4, -0.2) is 14.5 Å². The van der Waals surface area contributed by atoms with Crippen molar-refractivity contribution in [2.45, 2.75) is 6.54 Å². The third-order valence-corrected chi connectivity index (χ3v) is 3.88. The van der Waals surface area contributed by atoms with E-state index in [1.807, 2.05) is 36.4 Å². The van der Waals surface area contributed by atoms with Crippen molar-refractivity contribution in [1.82, 2.24) is 14.5 Å². The Hall–Kier alpha value is -2.70. The van der Waals surface area contributed by atoms with Gasteiger partial charge in [0.2, 0.25) is 0 Å². The van der Waals surface area contributed by atoms with Gasteiger partial charge in [-0.25, -0.2) is 4.98 Å². The summed E-state index contributed by atoms with van der Waals surface area (Å²) in [7, 11) is 0. The van der Waals surface area contributed by atoms with Gasteiger partial charge >= 0.3 is 0 Å². The van der Waals surface area contributed by atoms with E-state index < -0.39 is 0 Å². The van der Waals surface area contributed by atoms with E-state index in [9.17, 15) is 0 Å². The van der Waals surface area contributed by atoms with Crippen LogP contribution in [0.1, 0.15) is 17.0 Å². The minimum Gasteiger partial charge on any atom is -0.317 e. The number of rotatable bonds is 2. The second kappa shape index (κ2) is 5.35. The molecule has 2 aromatic heterocycles. The van der Waals surface area contributed by atoms with Crippen LogP contribution in [0.4, 0.5) is 0 Å². The van der Waals surface area contributed by atoms with E-state index in [1.54, 1.807) is 10.8 Å². The number of fused-ring (bicyclic) bond motifs is 1. The van der Waals surface area contributed by atoms with Crippen molar-refractivity contribution in [1.29, 1.82) is 10.5 Å². The lowest BCUT2D eigenvalue weighted by molar-refractivity contribution is 0.789. The molecule has 0 aliphatic carbocycles. The molecule has 1 aromatic carbocycles. The maximum atomic E-state index is 9.17. The Balaban J connectivity index is 2.12. The highest BCUT2D eigenvalue weighted by Crippen LogP contribution is 2.26. The fraction of sp³-hybridized carbons (Fsp3) is 0.0667. The Morgan fingerprint density at radius 3 is 2.76 bits per heavy atom. The van der Waals surface area contributed by atoms with Crippen molar-refractivity contribution in [3.05, 3.63) is 58.2 Å². The van der Waals surface area contributed by atoms with E-state index in [4.69, 9.17) is 10.5 Å². The molecule has 0 atom stereocenters. The molecule has 5 nitrogen and oxygen atoms in total. The summed E-state index contributed by atoms with van der Waals surface area (Å²) < 4.78 is 2.63. The summed E-state index contributed by atoms with van der Waals surface area (Å²) in [5, 5.41) is 19.1. The fourth-order valence-corrected chi connectivity index (χ4v) is 2.66. The first kappa shape index (κ1) is 13.3. The SMILES string of the molecule is N#Cc1ncn(Cc2ccc(Br)c3cccnc23)c1C#N. The van der Waals surface area contributed by atoms with Crippen LogP contribution in [0, 0.1) is 22.7 Å². The zero-order valence-corrected chi connectivity index (χ0v) is 12.4. The Kier molecular flexibility index (Phi) is 3.39. The molecule has 0 aliphatic rings.